The van der Waals surface area contributed by atoms with Crippen LogP contribution >= 0.6 is 11.8 Å². The van der Waals surface area contributed by atoms with Crippen LogP contribution in [-0.4, -0.2) is 49.1 Å². The highest BCUT2D eigenvalue weighted by Crippen LogP contribution is 2.25. The van der Waals surface area contributed by atoms with Crippen molar-refractivity contribution in [3.63, 3.8) is 0 Å². The summed E-state index contributed by atoms with van der Waals surface area (Å²) in [5.74, 6) is 2.37. The van der Waals surface area contributed by atoms with Crippen molar-refractivity contribution in [1.82, 2.24) is 10.2 Å². The number of piperidine rings is 1. The Hall–Kier alpha value is 0.270. The van der Waals surface area contributed by atoms with Crippen molar-refractivity contribution in [1.29, 1.82) is 0 Å². The Balaban J connectivity index is 1.59. The van der Waals surface area contributed by atoms with E-state index in [9.17, 15) is 0 Å². The molecule has 0 aromatic carbocycles. The van der Waals surface area contributed by atoms with E-state index in [1.165, 1.54) is 44.8 Å². The second kappa shape index (κ2) is 4.67. The van der Waals surface area contributed by atoms with Crippen molar-refractivity contribution in [3.05, 3.63) is 0 Å². The average Bonchev–Trinajstić information content (AvgIpc) is 2.05. The molecule has 0 unspecified atom stereocenters. The van der Waals surface area contributed by atoms with Gasteiger partial charge in [0.25, 0.3) is 0 Å². The largest absolute Gasteiger partial charge is 0.316 e. The number of thioether (sulfide) groups is 1. The SMILES string of the molecule is CN1CCC(SCC2CNC2)CC1. The van der Waals surface area contributed by atoms with Gasteiger partial charge in [-0.1, -0.05) is 0 Å². The van der Waals surface area contributed by atoms with E-state index >= 15 is 0 Å². The van der Waals surface area contributed by atoms with Gasteiger partial charge in [-0.2, -0.15) is 11.8 Å². The molecular weight excluding hydrogens is 180 g/mol. The molecule has 2 aliphatic rings. The molecular formula is C10H20N2S. The molecule has 0 aromatic rings. The lowest BCUT2D eigenvalue weighted by atomic mass is 10.1. The number of rotatable bonds is 3. The summed E-state index contributed by atoms with van der Waals surface area (Å²) in [4.78, 5) is 2.45. The predicted molar refractivity (Wildman–Crippen MR) is 59.3 cm³/mol. The fraction of sp³-hybridized carbons (Fsp3) is 1.00. The molecule has 1 N–H and O–H groups in total. The number of likely N-dealkylation sites (tertiary alicyclic amines) is 1. The van der Waals surface area contributed by atoms with E-state index in [4.69, 9.17) is 0 Å². The first kappa shape index (κ1) is 9.81. The molecule has 0 amide bonds. The Labute approximate surface area is 85.4 Å². The van der Waals surface area contributed by atoms with Crippen molar-refractivity contribution >= 4 is 11.8 Å². The summed E-state index contributed by atoms with van der Waals surface area (Å²) in [5.41, 5.74) is 0. The van der Waals surface area contributed by atoms with Gasteiger partial charge in [-0.05, 0) is 57.7 Å². The van der Waals surface area contributed by atoms with E-state index in [0.29, 0.717) is 0 Å². The first-order valence-electron chi connectivity index (χ1n) is 5.35. The van der Waals surface area contributed by atoms with Gasteiger partial charge >= 0.3 is 0 Å². The summed E-state index contributed by atoms with van der Waals surface area (Å²) in [6.07, 6.45) is 2.81. The highest BCUT2D eigenvalue weighted by molar-refractivity contribution is 7.99. The third-order valence-electron chi connectivity index (χ3n) is 3.10. The maximum Gasteiger partial charge on any atom is 0.00714 e. The summed E-state index contributed by atoms with van der Waals surface area (Å²) in [7, 11) is 2.23. The number of hydrogen-bond donors (Lipinski definition) is 1. The quantitative estimate of drug-likeness (QED) is 0.732. The zero-order valence-corrected chi connectivity index (χ0v) is 9.28. The molecule has 13 heavy (non-hydrogen) atoms. The monoisotopic (exact) mass is 200 g/mol. The van der Waals surface area contributed by atoms with Gasteiger partial charge in [-0.15, -0.1) is 0 Å². The van der Waals surface area contributed by atoms with Crippen LogP contribution in [0.15, 0.2) is 0 Å². The van der Waals surface area contributed by atoms with Gasteiger partial charge < -0.3 is 10.2 Å². The Morgan fingerprint density at radius 2 is 2.00 bits per heavy atom. The maximum absolute atomic E-state index is 3.33. The van der Waals surface area contributed by atoms with E-state index in [-0.39, 0.29) is 0 Å². The zero-order chi connectivity index (χ0) is 9.10. The summed E-state index contributed by atoms with van der Waals surface area (Å²) in [5, 5.41) is 4.29. The van der Waals surface area contributed by atoms with Crippen molar-refractivity contribution < 1.29 is 0 Å². The Morgan fingerprint density at radius 1 is 1.31 bits per heavy atom. The van der Waals surface area contributed by atoms with E-state index in [1.807, 2.05) is 0 Å². The van der Waals surface area contributed by atoms with Gasteiger partial charge in [0.15, 0.2) is 0 Å². The van der Waals surface area contributed by atoms with Crippen LogP contribution in [0.2, 0.25) is 0 Å². The van der Waals surface area contributed by atoms with Gasteiger partial charge in [0, 0.05) is 5.25 Å². The van der Waals surface area contributed by atoms with Crippen LogP contribution < -0.4 is 5.32 Å². The smallest absolute Gasteiger partial charge is 0.00714 e. The van der Waals surface area contributed by atoms with Crippen LogP contribution in [0.25, 0.3) is 0 Å². The van der Waals surface area contributed by atoms with E-state index < -0.39 is 0 Å². The third-order valence-corrected chi connectivity index (χ3v) is 4.71. The molecule has 2 nitrogen and oxygen atoms in total. The molecule has 76 valence electrons. The molecule has 2 heterocycles. The summed E-state index contributed by atoms with van der Waals surface area (Å²) in [6.45, 7) is 5.14. The lowest BCUT2D eigenvalue weighted by Crippen LogP contribution is -2.43. The fourth-order valence-electron chi connectivity index (χ4n) is 1.89. The number of hydrogen-bond acceptors (Lipinski definition) is 3. The van der Waals surface area contributed by atoms with Crippen molar-refractivity contribution in [3.8, 4) is 0 Å². The highest BCUT2D eigenvalue weighted by atomic mass is 32.2. The molecule has 0 radical (unpaired) electrons. The molecule has 0 atom stereocenters. The molecule has 0 aliphatic carbocycles. The predicted octanol–water partition coefficient (Wildman–Crippen LogP) is 1.03. The van der Waals surface area contributed by atoms with Crippen LogP contribution in [0.4, 0.5) is 0 Å². The van der Waals surface area contributed by atoms with Crippen LogP contribution in [0.3, 0.4) is 0 Å². The van der Waals surface area contributed by atoms with Gasteiger partial charge in [0.2, 0.25) is 0 Å². The zero-order valence-electron chi connectivity index (χ0n) is 8.46. The van der Waals surface area contributed by atoms with Crippen molar-refractivity contribution in [2.75, 3.05) is 39.0 Å². The van der Waals surface area contributed by atoms with Crippen molar-refractivity contribution in [2.45, 2.75) is 18.1 Å². The van der Waals surface area contributed by atoms with Gasteiger partial charge in [-0.3, -0.25) is 0 Å². The summed E-state index contributed by atoms with van der Waals surface area (Å²) in [6, 6.07) is 0. The van der Waals surface area contributed by atoms with E-state index in [0.717, 1.165) is 11.2 Å². The number of nitrogens with one attached hydrogen (secondary N) is 1. The second-order valence-electron chi connectivity index (χ2n) is 4.36. The minimum atomic E-state index is 0.955. The number of nitrogens with zero attached hydrogens (tertiary/aromatic N) is 1. The lowest BCUT2D eigenvalue weighted by Gasteiger charge is -2.32. The first-order valence-corrected chi connectivity index (χ1v) is 6.40. The van der Waals surface area contributed by atoms with E-state index in [2.05, 4.69) is 29.0 Å². The first-order chi connectivity index (χ1) is 6.34. The Kier molecular flexibility index (Phi) is 3.52. The normalized spacial score (nSPS) is 27.5. The van der Waals surface area contributed by atoms with E-state index in [1.54, 1.807) is 0 Å². The lowest BCUT2D eigenvalue weighted by molar-refractivity contribution is 0.281. The highest BCUT2D eigenvalue weighted by Gasteiger charge is 2.21. The standard InChI is InChI=1S/C10H20N2S/c1-12-4-2-10(3-5-12)13-8-9-6-11-7-9/h9-11H,2-8H2,1H3. The Morgan fingerprint density at radius 3 is 2.54 bits per heavy atom. The molecule has 2 rings (SSSR count). The molecule has 0 spiro atoms. The molecule has 2 saturated heterocycles. The van der Waals surface area contributed by atoms with Crippen LogP contribution in [0.5, 0.6) is 0 Å². The molecule has 0 saturated carbocycles. The summed E-state index contributed by atoms with van der Waals surface area (Å²) >= 11 is 2.22. The molecule has 0 bridgehead atoms. The summed E-state index contributed by atoms with van der Waals surface area (Å²) < 4.78 is 0. The molecule has 3 heteroatoms. The van der Waals surface area contributed by atoms with Gasteiger partial charge in [0.05, 0.1) is 0 Å². The van der Waals surface area contributed by atoms with Gasteiger partial charge in [-0.25, -0.2) is 0 Å². The Bertz CT molecular complexity index is 151. The molecule has 2 aliphatic heterocycles. The minimum absolute atomic E-state index is 0.955. The molecule has 2 fully saturated rings. The topological polar surface area (TPSA) is 15.3 Å². The second-order valence-corrected chi connectivity index (χ2v) is 5.69. The average molecular weight is 200 g/mol. The maximum atomic E-state index is 3.33. The fourth-order valence-corrected chi connectivity index (χ4v) is 3.21. The molecule has 0 aromatic heterocycles. The van der Waals surface area contributed by atoms with Crippen molar-refractivity contribution in [2.24, 2.45) is 5.92 Å². The van der Waals surface area contributed by atoms with Crippen LogP contribution in [0.1, 0.15) is 12.8 Å². The van der Waals surface area contributed by atoms with Crippen LogP contribution in [0, 0.1) is 5.92 Å². The third kappa shape index (κ3) is 2.86. The van der Waals surface area contributed by atoms with Crippen LogP contribution in [-0.2, 0) is 0 Å². The minimum Gasteiger partial charge on any atom is -0.316 e. The van der Waals surface area contributed by atoms with Gasteiger partial charge in [0.1, 0.15) is 0 Å².